The average molecular weight is 505 g/mol. The molecule has 3 atom stereocenters. The van der Waals surface area contributed by atoms with E-state index in [9.17, 15) is 9.59 Å². The van der Waals surface area contributed by atoms with E-state index in [0.29, 0.717) is 19.1 Å². The monoisotopic (exact) mass is 504 g/mol. The summed E-state index contributed by atoms with van der Waals surface area (Å²) in [7, 11) is 0. The number of amides is 2. The number of imidazole rings is 1. The summed E-state index contributed by atoms with van der Waals surface area (Å²) >= 11 is 0. The fourth-order valence-corrected chi connectivity index (χ4v) is 7.34. The highest BCUT2D eigenvalue weighted by Crippen LogP contribution is 2.57. The van der Waals surface area contributed by atoms with Crippen LogP contribution in [0.1, 0.15) is 69.0 Å². The second-order valence-corrected chi connectivity index (χ2v) is 11.3. The van der Waals surface area contributed by atoms with Crippen LogP contribution in [0.15, 0.2) is 30.5 Å². The fraction of sp³-hybridized carbons (Fsp3) is 0.621. The lowest BCUT2D eigenvalue weighted by atomic mass is 9.78. The van der Waals surface area contributed by atoms with Gasteiger partial charge in [0.2, 0.25) is 5.91 Å². The molecule has 1 aromatic carbocycles. The van der Waals surface area contributed by atoms with E-state index in [4.69, 9.17) is 0 Å². The molecule has 4 aliphatic rings. The standard InChI is InChI=1S/C29H40N6O2/c1-2-3-12-26-31-19-21(32-26)20-33-14-7-13-30-27(36)24-18-22-9-6-17-35(22)29(24)23-10-4-5-11-25(23)34(28(29)37)16-8-15-33/h4-5,10-11,19,22,24H,2-3,6-9,12-18,20H2,1H3,(H,30,36)(H,31,32)/t22-,24-,29+/m0/s1. The predicted molar refractivity (Wildman–Crippen MR) is 143 cm³/mol. The van der Waals surface area contributed by atoms with Crippen molar-refractivity contribution in [1.29, 1.82) is 0 Å². The molecule has 3 saturated heterocycles. The normalized spacial score (nSPS) is 28.7. The van der Waals surface area contributed by atoms with Gasteiger partial charge in [-0.3, -0.25) is 19.4 Å². The number of unbranched alkanes of at least 4 members (excludes halogenated alkanes) is 1. The Morgan fingerprint density at radius 1 is 1.08 bits per heavy atom. The van der Waals surface area contributed by atoms with Crippen LogP contribution in [0.3, 0.4) is 0 Å². The maximum atomic E-state index is 14.4. The molecule has 8 nitrogen and oxygen atoms in total. The van der Waals surface area contributed by atoms with Crippen molar-refractivity contribution in [2.24, 2.45) is 5.92 Å². The SMILES string of the molecule is CCCCc1ncc(CN2CCCNC(=O)[C@@H]3C[C@@H]4CCCN4[C@@]34C(=O)N(CCC2)c2ccccc24)[nH]1. The van der Waals surface area contributed by atoms with E-state index < -0.39 is 5.54 Å². The first-order valence-corrected chi connectivity index (χ1v) is 14.3. The Bertz CT molecular complexity index is 1150. The van der Waals surface area contributed by atoms with Gasteiger partial charge < -0.3 is 15.2 Å². The van der Waals surface area contributed by atoms with Crippen LogP contribution >= 0.6 is 0 Å². The molecule has 5 heterocycles. The van der Waals surface area contributed by atoms with Gasteiger partial charge in [-0.25, -0.2) is 4.98 Å². The number of H-pyrrole nitrogens is 1. The van der Waals surface area contributed by atoms with Crippen LogP contribution in [0.25, 0.3) is 0 Å². The van der Waals surface area contributed by atoms with Crippen LogP contribution in [0.4, 0.5) is 5.69 Å². The highest BCUT2D eigenvalue weighted by atomic mass is 16.2. The number of nitrogens with one attached hydrogen (secondary N) is 2. The molecular formula is C29H40N6O2. The number of anilines is 1. The van der Waals surface area contributed by atoms with Gasteiger partial charge in [-0.05, 0) is 51.1 Å². The Morgan fingerprint density at radius 3 is 2.84 bits per heavy atom. The molecular weight excluding hydrogens is 464 g/mol. The molecule has 0 unspecified atom stereocenters. The largest absolute Gasteiger partial charge is 0.356 e. The van der Waals surface area contributed by atoms with E-state index in [2.05, 4.69) is 44.1 Å². The molecule has 198 valence electrons. The van der Waals surface area contributed by atoms with Gasteiger partial charge in [0.15, 0.2) is 0 Å². The van der Waals surface area contributed by atoms with E-state index in [-0.39, 0.29) is 17.7 Å². The first kappa shape index (κ1) is 24.6. The number of aromatic amines is 1. The highest BCUT2D eigenvalue weighted by molar-refractivity contribution is 6.10. The summed E-state index contributed by atoms with van der Waals surface area (Å²) in [6.45, 7) is 7.00. The molecule has 1 spiro atoms. The quantitative estimate of drug-likeness (QED) is 0.653. The first-order valence-electron chi connectivity index (χ1n) is 14.3. The molecule has 0 radical (unpaired) electrons. The number of rotatable bonds is 5. The summed E-state index contributed by atoms with van der Waals surface area (Å²) in [5.41, 5.74) is 2.32. The molecule has 37 heavy (non-hydrogen) atoms. The van der Waals surface area contributed by atoms with Gasteiger partial charge in [-0.15, -0.1) is 0 Å². The molecule has 0 saturated carbocycles. The number of aryl methyl sites for hydroxylation is 1. The van der Waals surface area contributed by atoms with E-state index >= 15 is 0 Å². The molecule has 1 aromatic heterocycles. The minimum Gasteiger partial charge on any atom is -0.356 e. The predicted octanol–water partition coefficient (Wildman–Crippen LogP) is 3.19. The Hall–Kier alpha value is -2.71. The number of para-hydroxylation sites is 1. The second kappa shape index (κ2) is 10.2. The maximum Gasteiger partial charge on any atom is 0.253 e. The smallest absolute Gasteiger partial charge is 0.253 e. The topological polar surface area (TPSA) is 84.6 Å². The first-order chi connectivity index (χ1) is 18.1. The van der Waals surface area contributed by atoms with Crippen molar-refractivity contribution in [2.45, 2.75) is 76.4 Å². The third-order valence-electron chi connectivity index (χ3n) is 8.98. The number of fused-ring (bicyclic) bond motifs is 4. The summed E-state index contributed by atoms with van der Waals surface area (Å²) in [6.07, 6.45) is 9.97. The summed E-state index contributed by atoms with van der Waals surface area (Å²) < 4.78 is 0. The number of nitrogens with zero attached hydrogens (tertiary/aromatic N) is 4. The zero-order valence-electron chi connectivity index (χ0n) is 22.0. The number of hydrogen-bond donors (Lipinski definition) is 2. The molecule has 6 rings (SSSR count). The highest BCUT2D eigenvalue weighted by Gasteiger charge is 2.66. The zero-order valence-corrected chi connectivity index (χ0v) is 22.0. The van der Waals surface area contributed by atoms with Gasteiger partial charge in [-0.2, -0.15) is 0 Å². The van der Waals surface area contributed by atoms with Crippen LogP contribution in [0.5, 0.6) is 0 Å². The van der Waals surface area contributed by atoms with Crippen LogP contribution in [-0.4, -0.2) is 70.3 Å². The van der Waals surface area contributed by atoms with E-state index in [1.54, 1.807) is 0 Å². The number of aromatic nitrogens is 2. The Labute approximate surface area is 219 Å². The summed E-state index contributed by atoms with van der Waals surface area (Å²) in [4.78, 5) is 43.0. The minimum atomic E-state index is -0.847. The van der Waals surface area contributed by atoms with E-state index in [0.717, 1.165) is 100 Å². The molecule has 4 aliphatic heterocycles. The summed E-state index contributed by atoms with van der Waals surface area (Å²) in [6, 6.07) is 8.54. The lowest BCUT2D eigenvalue weighted by molar-refractivity contribution is -0.138. The average Bonchev–Trinajstić information content (AvgIpc) is 3.66. The van der Waals surface area contributed by atoms with Crippen LogP contribution < -0.4 is 10.2 Å². The van der Waals surface area contributed by atoms with Crippen molar-refractivity contribution >= 4 is 17.5 Å². The van der Waals surface area contributed by atoms with E-state index in [1.165, 1.54) is 0 Å². The number of carbonyl (C=O) groups excluding carboxylic acids is 2. The Balaban J connectivity index is 1.26. The molecule has 2 bridgehead atoms. The zero-order chi connectivity index (χ0) is 25.4. The summed E-state index contributed by atoms with van der Waals surface area (Å²) in [5, 5.41) is 3.24. The molecule has 3 fully saturated rings. The third-order valence-corrected chi connectivity index (χ3v) is 8.98. The minimum absolute atomic E-state index is 0.0410. The van der Waals surface area contributed by atoms with Crippen LogP contribution in [0, 0.1) is 5.92 Å². The lowest BCUT2D eigenvalue weighted by Gasteiger charge is -2.37. The van der Waals surface area contributed by atoms with Crippen molar-refractivity contribution in [3.8, 4) is 0 Å². The molecule has 2 amide bonds. The van der Waals surface area contributed by atoms with Crippen molar-refractivity contribution < 1.29 is 9.59 Å². The number of carbonyl (C=O) groups is 2. The van der Waals surface area contributed by atoms with Gasteiger partial charge in [0.1, 0.15) is 11.4 Å². The fourth-order valence-electron chi connectivity index (χ4n) is 7.34. The van der Waals surface area contributed by atoms with Crippen molar-refractivity contribution in [3.05, 3.63) is 47.5 Å². The van der Waals surface area contributed by atoms with Crippen LogP contribution in [-0.2, 0) is 28.1 Å². The molecule has 2 aromatic rings. The van der Waals surface area contributed by atoms with Crippen molar-refractivity contribution in [2.75, 3.05) is 37.6 Å². The Morgan fingerprint density at radius 2 is 1.95 bits per heavy atom. The number of hydrogen-bond acceptors (Lipinski definition) is 5. The van der Waals surface area contributed by atoms with Gasteiger partial charge in [-0.1, -0.05) is 31.5 Å². The van der Waals surface area contributed by atoms with E-state index in [1.807, 2.05) is 23.2 Å². The summed E-state index contributed by atoms with van der Waals surface area (Å²) in [5.74, 6) is 0.878. The number of benzene rings is 1. The molecule has 8 heteroatoms. The lowest BCUT2D eigenvalue weighted by Crippen LogP contribution is -2.56. The molecule has 0 aliphatic carbocycles. The third kappa shape index (κ3) is 4.18. The molecule has 2 N–H and O–H groups in total. The second-order valence-electron chi connectivity index (χ2n) is 11.3. The van der Waals surface area contributed by atoms with Crippen molar-refractivity contribution in [1.82, 2.24) is 25.1 Å². The Kier molecular flexibility index (Phi) is 6.80. The van der Waals surface area contributed by atoms with Gasteiger partial charge in [0, 0.05) is 68.3 Å². The van der Waals surface area contributed by atoms with Crippen molar-refractivity contribution in [3.63, 3.8) is 0 Å². The van der Waals surface area contributed by atoms with Gasteiger partial charge in [0.05, 0.1) is 5.92 Å². The van der Waals surface area contributed by atoms with Gasteiger partial charge >= 0.3 is 0 Å². The van der Waals surface area contributed by atoms with Gasteiger partial charge in [0.25, 0.3) is 5.91 Å². The van der Waals surface area contributed by atoms with Crippen LogP contribution in [0.2, 0.25) is 0 Å². The maximum absolute atomic E-state index is 14.4.